The highest BCUT2D eigenvalue weighted by molar-refractivity contribution is 7.85. The van der Waals surface area contributed by atoms with E-state index in [1.54, 1.807) is 0 Å². The molecule has 1 aromatic rings. The van der Waals surface area contributed by atoms with E-state index in [0.717, 1.165) is 12.1 Å². The molecule has 0 aromatic heterocycles. The van der Waals surface area contributed by atoms with Crippen molar-refractivity contribution in [3.63, 3.8) is 0 Å². The largest absolute Gasteiger partial charge is 0.389 e. The van der Waals surface area contributed by atoms with E-state index in [4.69, 9.17) is 4.55 Å². The number of hydrogen-bond donors (Lipinski definition) is 1. The first-order valence-corrected chi connectivity index (χ1v) is 6.26. The fraction of sp³-hybridized carbons (Fsp3) is 0.400. The van der Waals surface area contributed by atoms with Crippen LogP contribution in [0.4, 0.5) is 13.2 Å². The topological polar surface area (TPSA) is 54.4 Å². The standard InChI is InChI=1S/C10H11F3O3S/c11-10(12,13)7-1-2-8-3-5-9(6-4-8)17(14,15)16/h3-6H,1-2,7H2,(H,14,15,16). The molecule has 0 unspecified atom stereocenters. The van der Waals surface area contributed by atoms with E-state index >= 15 is 0 Å². The quantitative estimate of drug-likeness (QED) is 0.854. The molecule has 1 aromatic carbocycles. The van der Waals surface area contributed by atoms with Gasteiger partial charge in [0.2, 0.25) is 0 Å². The minimum absolute atomic E-state index is 0.0469. The molecule has 0 aliphatic rings. The van der Waals surface area contributed by atoms with E-state index in [0.29, 0.717) is 5.56 Å². The Labute approximate surface area is 97.0 Å². The van der Waals surface area contributed by atoms with Gasteiger partial charge in [0.1, 0.15) is 0 Å². The molecule has 96 valence electrons. The molecule has 0 heterocycles. The molecule has 0 saturated carbocycles. The van der Waals surface area contributed by atoms with Gasteiger partial charge < -0.3 is 0 Å². The minimum atomic E-state index is -4.24. The fourth-order valence-electron chi connectivity index (χ4n) is 1.32. The molecule has 17 heavy (non-hydrogen) atoms. The van der Waals surface area contributed by atoms with Gasteiger partial charge in [0.25, 0.3) is 10.1 Å². The second-order valence-corrected chi connectivity index (χ2v) is 5.01. The first kappa shape index (κ1) is 14.0. The van der Waals surface area contributed by atoms with Crippen LogP contribution in [0.15, 0.2) is 29.2 Å². The highest BCUT2D eigenvalue weighted by Gasteiger charge is 2.25. The highest BCUT2D eigenvalue weighted by Crippen LogP contribution is 2.22. The molecule has 0 saturated heterocycles. The summed E-state index contributed by atoms with van der Waals surface area (Å²) in [5.74, 6) is 0. The summed E-state index contributed by atoms with van der Waals surface area (Å²) in [7, 11) is -4.24. The summed E-state index contributed by atoms with van der Waals surface area (Å²) in [5.41, 5.74) is 0.599. The van der Waals surface area contributed by atoms with E-state index in [1.807, 2.05) is 0 Å². The summed E-state index contributed by atoms with van der Waals surface area (Å²) in [6.07, 6.45) is -4.87. The Balaban J connectivity index is 2.58. The fourth-order valence-corrected chi connectivity index (χ4v) is 1.80. The second kappa shape index (κ2) is 5.05. The summed E-state index contributed by atoms with van der Waals surface area (Å²) < 4.78 is 65.7. The van der Waals surface area contributed by atoms with Crippen LogP contribution in [0, 0.1) is 0 Å². The van der Waals surface area contributed by atoms with Gasteiger partial charge >= 0.3 is 6.18 Å². The molecule has 0 atom stereocenters. The van der Waals surface area contributed by atoms with Crippen molar-refractivity contribution in [2.45, 2.75) is 30.3 Å². The lowest BCUT2D eigenvalue weighted by atomic mass is 10.1. The Morgan fingerprint density at radius 1 is 1.12 bits per heavy atom. The van der Waals surface area contributed by atoms with Gasteiger partial charge in [-0.2, -0.15) is 21.6 Å². The van der Waals surface area contributed by atoms with Gasteiger partial charge in [-0.15, -0.1) is 0 Å². The molecule has 0 aliphatic carbocycles. The third kappa shape index (κ3) is 5.18. The predicted molar refractivity (Wildman–Crippen MR) is 55.2 cm³/mol. The lowest BCUT2D eigenvalue weighted by Crippen LogP contribution is -2.07. The maximum atomic E-state index is 11.9. The van der Waals surface area contributed by atoms with Crippen LogP contribution in [0.25, 0.3) is 0 Å². The van der Waals surface area contributed by atoms with Crippen molar-refractivity contribution in [3.8, 4) is 0 Å². The number of hydrogen-bond acceptors (Lipinski definition) is 2. The van der Waals surface area contributed by atoms with Crippen molar-refractivity contribution < 1.29 is 26.1 Å². The van der Waals surface area contributed by atoms with Crippen LogP contribution >= 0.6 is 0 Å². The zero-order chi connectivity index (χ0) is 13.1. The summed E-state index contributed by atoms with van der Waals surface area (Å²) >= 11 is 0. The average Bonchev–Trinajstić information content (AvgIpc) is 2.15. The maximum absolute atomic E-state index is 11.9. The first-order valence-electron chi connectivity index (χ1n) is 4.82. The van der Waals surface area contributed by atoms with E-state index in [-0.39, 0.29) is 17.7 Å². The lowest BCUT2D eigenvalue weighted by Gasteiger charge is -2.06. The SMILES string of the molecule is O=S(=O)(O)c1ccc(CCCC(F)(F)F)cc1. The van der Waals surface area contributed by atoms with Gasteiger partial charge in [-0.05, 0) is 30.5 Å². The molecule has 0 bridgehead atoms. The van der Waals surface area contributed by atoms with Gasteiger partial charge in [-0.3, -0.25) is 4.55 Å². The van der Waals surface area contributed by atoms with Gasteiger partial charge in [0.15, 0.2) is 0 Å². The molecule has 0 radical (unpaired) electrons. The third-order valence-electron chi connectivity index (χ3n) is 2.15. The smallest absolute Gasteiger partial charge is 0.282 e. The van der Waals surface area contributed by atoms with Crippen molar-refractivity contribution in [1.82, 2.24) is 0 Å². The average molecular weight is 268 g/mol. The number of aryl methyl sites for hydroxylation is 1. The second-order valence-electron chi connectivity index (χ2n) is 3.59. The van der Waals surface area contributed by atoms with Crippen LogP contribution < -0.4 is 0 Å². The van der Waals surface area contributed by atoms with Crippen LogP contribution in [0.1, 0.15) is 18.4 Å². The van der Waals surface area contributed by atoms with Crippen LogP contribution in [0.3, 0.4) is 0 Å². The molecule has 7 heteroatoms. The van der Waals surface area contributed by atoms with Crippen LogP contribution in [0.2, 0.25) is 0 Å². The van der Waals surface area contributed by atoms with E-state index < -0.39 is 22.7 Å². The van der Waals surface area contributed by atoms with Crippen LogP contribution in [-0.2, 0) is 16.5 Å². The van der Waals surface area contributed by atoms with Crippen molar-refractivity contribution in [2.75, 3.05) is 0 Å². The first-order chi connectivity index (χ1) is 7.68. The zero-order valence-electron chi connectivity index (χ0n) is 8.74. The molecule has 1 rings (SSSR count). The lowest BCUT2D eigenvalue weighted by molar-refractivity contribution is -0.135. The molecule has 0 aliphatic heterocycles. The Bertz CT molecular complexity index is 463. The van der Waals surface area contributed by atoms with Gasteiger partial charge in [0.05, 0.1) is 4.90 Å². The Hall–Kier alpha value is -1.08. The Kier molecular flexibility index (Phi) is 4.16. The third-order valence-corrected chi connectivity index (χ3v) is 3.01. The Morgan fingerprint density at radius 3 is 2.06 bits per heavy atom. The molecule has 3 nitrogen and oxygen atoms in total. The molecule has 0 fully saturated rings. The number of halogens is 3. The van der Waals surface area contributed by atoms with Crippen LogP contribution in [0.5, 0.6) is 0 Å². The molecular formula is C10H11F3O3S. The maximum Gasteiger partial charge on any atom is 0.389 e. The van der Waals surface area contributed by atoms with Crippen molar-refractivity contribution >= 4 is 10.1 Å². The normalized spacial score (nSPS) is 12.7. The monoisotopic (exact) mass is 268 g/mol. The van der Waals surface area contributed by atoms with E-state index in [2.05, 4.69) is 0 Å². The van der Waals surface area contributed by atoms with Crippen molar-refractivity contribution in [1.29, 1.82) is 0 Å². The number of alkyl halides is 3. The van der Waals surface area contributed by atoms with Crippen molar-refractivity contribution in [2.24, 2.45) is 0 Å². The van der Waals surface area contributed by atoms with E-state index in [9.17, 15) is 21.6 Å². The summed E-state index contributed by atoms with van der Waals surface area (Å²) in [6.45, 7) is 0. The van der Waals surface area contributed by atoms with Gasteiger partial charge in [-0.25, -0.2) is 0 Å². The van der Waals surface area contributed by atoms with Crippen molar-refractivity contribution in [3.05, 3.63) is 29.8 Å². The predicted octanol–water partition coefficient (Wildman–Crippen LogP) is 2.82. The molecular weight excluding hydrogens is 257 g/mol. The summed E-state index contributed by atoms with van der Waals surface area (Å²) in [5, 5.41) is 0. The van der Waals surface area contributed by atoms with E-state index in [1.165, 1.54) is 12.1 Å². The van der Waals surface area contributed by atoms with Gasteiger partial charge in [0, 0.05) is 6.42 Å². The Morgan fingerprint density at radius 2 is 1.65 bits per heavy atom. The highest BCUT2D eigenvalue weighted by atomic mass is 32.2. The summed E-state index contributed by atoms with van der Waals surface area (Å²) in [4.78, 5) is -0.267. The molecule has 1 N–H and O–H groups in total. The minimum Gasteiger partial charge on any atom is -0.282 e. The molecule has 0 spiro atoms. The number of rotatable bonds is 4. The van der Waals surface area contributed by atoms with Gasteiger partial charge in [-0.1, -0.05) is 12.1 Å². The molecule has 0 amide bonds. The summed E-state index contributed by atoms with van der Waals surface area (Å²) in [6, 6.07) is 5.11. The zero-order valence-corrected chi connectivity index (χ0v) is 9.55. The number of benzene rings is 1. The van der Waals surface area contributed by atoms with Crippen LogP contribution in [-0.4, -0.2) is 19.1 Å².